The molecule has 1 nitrogen and oxygen atoms in total. The second-order valence-corrected chi connectivity index (χ2v) is 1.03. The summed E-state index contributed by atoms with van der Waals surface area (Å²) < 4.78 is 105. The highest BCUT2D eigenvalue weighted by molar-refractivity contribution is 4.43. The molecule has 9 heavy (non-hydrogen) atoms. The number of nitrogens with two attached hydrogens (primary N) is 1. The minimum absolute atomic E-state index is 1.02. The van der Waals surface area contributed by atoms with Gasteiger partial charge in [-0.3, -0.25) is 0 Å². The first-order valence-corrected chi connectivity index (χ1v) is 2.30. The van der Waals surface area contributed by atoms with Gasteiger partial charge in [0.1, 0.15) is 0 Å². The van der Waals surface area contributed by atoms with Gasteiger partial charge in [-0.25, -0.2) is 0 Å². The summed E-state index contributed by atoms with van der Waals surface area (Å²) in [5, 5.41) is 0. The normalized spacial score (nSPS) is 42.9. The summed E-state index contributed by atoms with van der Waals surface area (Å²) >= 11 is 0. The summed E-state index contributed by atoms with van der Waals surface area (Å²) in [4.78, 5) is 0. The summed E-state index contributed by atoms with van der Waals surface area (Å²) in [6.45, 7) is -3.55. The molecule has 0 aromatic heterocycles. The lowest BCUT2D eigenvalue weighted by Gasteiger charge is -1.96. The molecule has 0 unspecified atom stereocenters. The van der Waals surface area contributed by atoms with Gasteiger partial charge in [0.25, 0.3) is 0 Å². The summed E-state index contributed by atoms with van der Waals surface area (Å²) in [6.07, 6.45) is -21.8. The van der Waals surface area contributed by atoms with E-state index in [9.17, 15) is 0 Å². The average molecular weight is 143 g/mol. The fraction of sp³-hybridized carbons (Fsp3) is 1.00. The Morgan fingerprint density at radius 2 is 1.89 bits per heavy atom. The summed E-state index contributed by atoms with van der Waals surface area (Å²) in [5.41, 5.74) is 5.04. The topological polar surface area (TPSA) is 26.0 Å². The average Bonchev–Trinajstić information content (AvgIpc) is 2.37. The maximum Gasteiger partial charge on any atom is 0.0279 e. The molecule has 0 spiro atoms. The molecule has 0 amide bonds. The van der Waals surface area contributed by atoms with Gasteiger partial charge in [-0.05, 0) is 12.9 Å². The van der Waals surface area contributed by atoms with E-state index in [0.29, 0.717) is 0 Å². The van der Waals surface area contributed by atoms with E-state index in [4.69, 9.17) is 24.9 Å². The Labute approximate surface area is 78.3 Å². The van der Waals surface area contributed by atoms with Gasteiger partial charge >= 0.3 is 0 Å². The molecule has 0 aromatic rings. The summed E-state index contributed by atoms with van der Waals surface area (Å²) in [7, 11) is 0. The third-order valence-corrected chi connectivity index (χ3v) is 0.450. The minimum Gasteiger partial charge on any atom is -0.330 e. The molecule has 56 valence electrons. The van der Waals surface area contributed by atoms with Crippen molar-refractivity contribution >= 4 is 0 Å². The van der Waals surface area contributed by atoms with Crippen LogP contribution in [0.4, 0.5) is 0 Å². The smallest absolute Gasteiger partial charge is 0.0279 e. The Bertz CT molecular complexity index is 426. The van der Waals surface area contributed by atoms with Crippen molar-refractivity contribution in [3.63, 3.8) is 0 Å². The zero-order valence-corrected chi connectivity index (χ0v) is 4.86. The highest BCUT2D eigenvalue weighted by Gasteiger charge is 1.85. The number of rotatable bonds is 6. The first-order valence-electron chi connectivity index (χ1n) is 9.46. The molecule has 0 saturated carbocycles. The minimum atomic E-state index is -3.92. The Morgan fingerprint density at radius 3 is 2.56 bits per heavy atom. The fourth-order valence-corrected chi connectivity index (χ4v) is 0.194. The molecule has 0 heterocycles. The Balaban J connectivity index is 6.29. The molecule has 2 N–H and O–H groups in total. The Kier molecular flexibility index (Phi) is 1.04. The van der Waals surface area contributed by atoms with E-state index in [1.54, 1.807) is 0 Å². The van der Waals surface area contributed by atoms with Crippen molar-refractivity contribution in [1.82, 2.24) is 0 Å². The van der Waals surface area contributed by atoms with Gasteiger partial charge in [0.15, 0.2) is 0 Å². The molecule has 0 bridgehead atoms. The van der Waals surface area contributed by atoms with Gasteiger partial charge in [0, 0.05) is 19.2 Å². The van der Waals surface area contributed by atoms with E-state index in [1.165, 1.54) is 0 Å². The van der Waals surface area contributed by atoms with Gasteiger partial charge in [0.2, 0.25) is 0 Å². The Hall–Kier alpha value is -0.0400. The van der Waals surface area contributed by atoms with E-state index in [0.717, 1.165) is 0 Å². The van der Waals surface area contributed by atoms with E-state index >= 15 is 0 Å². The lowest BCUT2D eigenvalue weighted by Crippen LogP contribution is -1.97. The molecule has 0 rings (SSSR count). The molecule has 0 aliphatic heterocycles. The molecular formula is C8H19N. The molecular weight excluding hydrogens is 110 g/mol. The van der Waals surface area contributed by atoms with Crippen LogP contribution in [0.3, 0.4) is 0 Å². The standard InChI is InChI=1S/C8H19N/c1-2-3-4-5-6-7-8-9/h2-9H2,1H3/i1D2,2D2,3D2,4D2,5D2,6D2,7D2. The molecule has 0 radical (unpaired) electrons. The maximum atomic E-state index is 7.66. The van der Waals surface area contributed by atoms with Gasteiger partial charge in [0.05, 0.1) is 0 Å². The molecule has 0 saturated heterocycles. The van der Waals surface area contributed by atoms with Crippen LogP contribution in [0.5, 0.6) is 0 Å². The van der Waals surface area contributed by atoms with Crippen molar-refractivity contribution in [1.29, 1.82) is 0 Å². The van der Waals surface area contributed by atoms with Crippen LogP contribution in [0.15, 0.2) is 0 Å². The zero-order chi connectivity index (χ0) is 19.3. The van der Waals surface area contributed by atoms with Gasteiger partial charge in [-0.2, -0.15) is 0 Å². The highest BCUT2D eigenvalue weighted by atomic mass is 14.5. The first-order chi connectivity index (χ1) is 9.75. The van der Waals surface area contributed by atoms with Gasteiger partial charge < -0.3 is 5.73 Å². The molecule has 0 atom stereocenters. The van der Waals surface area contributed by atoms with Crippen molar-refractivity contribution in [3.05, 3.63) is 0 Å². The SMILES string of the molecule is [2H]C([2H])C([2H])([2H])C([2H])([2H])C([2H])([2H])C([2H])([2H])C([2H])([2H])C([2H])([2H])CN. The van der Waals surface area contributed by atoms with Crippen LogP contribution in [0, 0.1) is 0 Å². The zero-order valence-electron chi connectivity index (χ0n) is 18.9. The van der Waals surface area contributed by atoms with Crippen LogP contribution >= 0.6 is 0 Å². The van der Waals surface area contributed by atoms with Crippen LogP contribution in [-0.2, 0) is 0 Å². The lowest BCUT2D eigenvalue weighted by atomic mass is 10.1. The molecule has 0 fully saturated rings. The first kappa shape index (κ1) is 1.18. The van der Waals surface area contributed by atoms with Gasteiger partial charge in [-0.15, -0.1) is 0 Å². The monoisotopic (exact) mass is 143 g/mol. The van der Waals surface area contributed by atoms with E-state index in [-0.39, 0.29) is 0 Å². The highest BCUT2D eigenvalue weighted by Crippen LogP contribution is 2.03. The van der Waals surface area contributed by atoms with Crippen LogP contribution in [0.1, 0.15) is 64.3 Å². The molecule has 0 aliphatic carbocycles. The molecule has 1 heteroatoms. The number of hydrogen-bond donors (Lipinski definition) is 1. The second kappa shape index (κ2) is 7.96. The summed E-state index contributed by atoms with van der Waals surface area (Å²) in [6, 6.07) is 0. The van der Waals surface area contributed by atoms with Crippen LogP contribution in [-0.4, -0.2) is 6.54 Å². The second-order valence-electron chi connectivity index (χ2n) is 1.03. The van der Waals surface area contributed by atoms with Crippen LogP contribution < -0.4 is 5.73 Å². The van der Waals surface area contributed by atoms with Crippen molar-refractivity contribution in [2.75, 3.05) is 6.54 Å². The largest absolute Gasteiger partial charge is 0.330 e. The molecule has 0 aromatic carbocycles. The van der Waals surface area contributed by atoms with Crippen molar-refractivity contribution < 1.29 is 19.2 Å². The van der Waals surface area contributed by atoms with Crippen molar-refractivity contribution in [2.24, 2.45) is 5.73 Å². The molecule has 0 aliphatic rings. The lowest BCUT2D eigenvalue weighted by molar-refractivity contribution is 0.612. The predicted molar refractivity (Wildman–Crippen MR) is 42.4 cm³/mol. The third-order valence-electron chi connectivity index (χ3n) is 0.450. The van der Waals surface area contributed by atoms with Crippen molar-refractivity contribution in [2.45, 2.75) is 45.1 Å². The van der Waals surface area contributed by atoms with Gasteiger partial charge in [-0.1, -0.05) is 38.7 Å². The van der Waals surface area contributed by atoms with E-state index in [1.807, 2.05) is 0 Å². The summed E-state index contributed by atoms with van der Waals surface area (Å²) in [5.74, 6) is 0. The van der Waals surface area contributed by atoms with E-state index in [2.05, 4.69) is 0 Å². The van der Waals surface area contributed by atoms with Crippen molar-refractivity contribution in [3.8, 4) is 0 Å². The quantitative estimate of drug-likeness (QED) is 0.606. The Morgan fingerprint density at radius 1 is 1.22 bits per heavy atom. The maximum absolute atomic E-state index is 7.66. The predicted octanol–water partition coefficient (Wildman–Crippen LogP) is 2.31. The van der Waals surface area contributed by atoms with Crippen LogP contribution in [0.25, 0.3) is 0 Å². The fourth-order valence-electron chi connectivity index (χ4n) is 0.194. The third kappa shape index (κ3) is 7.96. The van der Waals surface area contributed by atoms with E-state index < -0.39 is 51.7 Å². The van der Waals surface area contributed by atoms with Crippen LogP contribution in [0.2, 0.25) is 0 Å². The number of hydrogen-bond acceptors (Lipinski definition) is 1.